The number of para-hydroxylation sites is 2. The second-order valence-corrected chi connectivity index (χ2v) is 6.82. The molecule has 5 heteroatoms. The lowest BCUT2D eigenvalue weighted by atomic mass is 9.92. The molecule has 0 spiro atoms. The first kappa shape index (κ1) is 18.9. The number of amides is 1. The first-order valence-electron chi connectivity index (χ1n) is 9.45. The van der Waals surface area contributed by atoms with Crippen molar-refractivity contribution in [3.05, 3.63) is 77.9 Å². The molecule has 1 atom stereocenters. The highest BCUT2D eigenvalue weighted by atomic mass is 16.5. The summed E-state index contributed by atoms with van der Waals surface area (Å²) in [6.45, 7) is 0. The second-order valence-electron chi connectivity index (χ2n) is 6.82. The van der Waals surface area contributed by atoms with Gasteiger partial charge in [-0.1, -0.05) is 42.5 Å². The van der Waals surface area contributed by atoms with Crippen LogP contribution in [0.2, 0.25) is 0 Å². The van der Waals surface area contributed by atoms with Crippen molar-refractivity contribution in [2.75, 3.05) is 26.2 Å². The van der Waals surface area contributed by atoms with Gasteiger partial charge in [0.05, 0.1) is 32.9 Å². The molecule has 1 amide bonds. The van der Waals surface area contributed by atoms with Crippen molar-refractivity contribution < 1.29 is 19.0 Å². The van der Waals surface area contributed by atoms with Crippen LogP contribution in [0.4, 0.5) is 11.4 Å². The van der Waals surface area contributed by atoms with Crippen molar-refractivity contribution in [2.24, 2.45) is 0 Å². The summed E-state index contributed by atoms with van der Waals surface area (Å²) in [5, 5.41) is 0. The maximum absolute atomic E-state index is 13.5. The van der Waals surface area contributed by atoms with Crippen LogP contribution in [0.5, 0.6) is 17.2 Å². The highest BCUT2D eigenvalue weighted by molar-refractivity contribution is 6.10. The Morgan fingerprint density at radius 2 is 1.48 bits per heavy atom. The van der Waals surface area contributed by atoms with E-state index >= 15 is 0 Å². The molecule has 0 saturated carbocycles. The molecule has 0 aliphatic carbocycles. The fraction of sp³-hybridized carbons (Fsp3) is 0.208. The van der Waals surface area contributed by atoms with Gasteiger partial charge in [0.1, 0.15) is 0 Å². The summed E-state index contributed by atoms with van der Waals surface area (Å²) in [4.78, 5) is 15.3. The molecule has 1 aliphatic heterocycles. The molecule has 0 N–H and O–H groups in total. The molecule has 1 heterocycles. The zero-order chi connectivity index (χ0) is 20.4. The number of benzene rings is 3. The minimum Gasteiger partial charge on any atom is -0.493 e. The normalized spacial score (nSPS) is 15.2. The molecule has 0 bridgehead atoms. The van der Waals surface area contributed by atoms with Gasteiger partial charge < -0.3 is 14.2 Å². The summed E-state index contributed by atoms with van der Waals surface area (Å²) in [6, 6.07) is 21.5. The van der Waals surface area contributed by atoms with Crippen LogP contribution >= 0.6 is 0 Å². The summed E-state index contributed by atoms with van der Waals surface area (Å²) in [5.41, 5.74) is 3.70. The van der Waals surface area contributed by atoms with E-state index in [1.807, 2.05) is 66.7 Å². The number of nitrogens with zero attached hydrogens (tertiary/aromatic N) is 1. The minimum atomic E-state index is -0.307. The molecule has 3 aromatic rings. The maximum atomic E-state index is 13.5. The number of methoxy groups -OCH3 is 3. The van der Waals surface area contributed by atoms with Crippen LogP contribution in [0, 0.1) is 0 Å². The molecular weight excluding hydrogens is 366 g/mol. The van der Waals surface area contributed by atoms with Gasteiger partial charge in [0.25, 0.3) is 0 Å². The van der Waals surface area contributed by atoms with Crippen LogP contribution in [0.3, 0.4) is 0 Å². The van der Waals surface area contributed by atoms with Crippen LogP contribution < -0.4 is 19.1 Å². The summed E-state index contributed by atoms with van der Waals surface area (Å²) in [7, 11) is 4.77. The Morgan fingerprint density at radius 1 is 0.793 bits per heavy atom. The monoisotopic (exact) mass is 389 g/mol. The molecule has 1 unspecified atom stereocenters. The molecule has 148 valence electrons. The van der Waals surface area contributed by atoms with Gasteiger partial charge in [-0.2, -0.15) is 0 Å². The van der Waals surface area contributed by atoms with Crippen LogP contribution in [-0.4, -0.2) is 27.2 Å². The Kier molecular flexibility index (Phi) is 5.12. The predicted octanol–water partition coefficient (Wildman–Crippen LogP) is 4.72. The standard InChI is InChI=1S/C24H23NO4/c1-27-21-14-13-16(22(28-2)23(21)29-3)15-19-18-11-7-8-12-20(18)25(24(19)26)17-9-5-4-6-10-17/h4-14,19H,15H2,1-3H3. The molecule has 5 nitrogen and oxygen atoms in total. The van der Waals surface area contributed by atoms with E-state index in [9.17, 15) is 4.79 Å². The van der Waals surface area contributed by atoms with E-state index in [1.165, 1.54) is 0 Å². The van der Waals surface area contributed by atoms with E-state index < -0.39 is 0 Å². The molecule has 0 fully saturated rings. The summed E-state index contributed by atoms with van der Waals surface area (Å²) in [6.07, 6.45) is 0.503. The fourth-order valence-corrected chi connectivity index (χ4v) is 3.98. The number of fused-ring (bicyclic) bond motifs is 1. The summed E-state index contributed by atoms with van der Waals surface area (Å²) < 4.78 is 16.5. The molecular formula is C24H23NO4. The Bertz CT molecular complexity index is 1030. The van der Waals surface area contributed by atoms with Crippen molar-refractivity contribution >= 4 is 17.3 Å². The minimum absolute atomic E-state index is 0.0502. The van der Waals surface area contributed by atoms with Gasteiger partial charge in [0.2, 0.25) is 11.7 Å². The maximum Gasteiger partial charge on any atom is 0.239 e. The first-order valence-corrected chi connectivity index (χ1v) is 9.45. The third-order valence-corrected chi connectivity index (χ3v) is 5.30. The zero-order valence-electron chi connectivity index (χ0n) is 16.7. The third kappa shape index (κ3) is 3.18. The third-order valence-electron chi connectivity index (χ3n) is 5.30. The van der Waals surface area contributed by atoms with Crippen molar-refractivity contribution in [3.8, 4) is 17.2 Å². The quantitative estimate of drug-likeness (QED) is 0.612. The van der Waals surface area contributed by atoms with Gasteiger partial charge in [0.15, 0.2) is 11.5 Å². The predicted molar refractivity (Wildman–Crippen MR) is 113 cm³/mol. The SMILES string of the molecule is COc1ccc(CC2C(=O)N(c3ccccc3)c3ccccc32)c(OC)c1OC. The molecule has 1 aliphatic rings. The van der Waals surface area contributed by atoms with Crippen molar-refractivity contribution in [3.63, 3.8) is 0 Å². The highest BCUT2D eigenvalue weighted by Gasteiger charge is 2.38. The first-order chi connectivity index (χ1) is 14.2. The van der Waals surface area contributed by atoms with E-state index in [0.717, 1.165) is 22.5 Å². The average molecular weight is 389 g/mol. The van der Waals surface area contributed by atoms with Gasteiger partial charge in [-0.25, -0.2) is 0 Å². The lowest BCUT2D eigenvalue weighted by Gasteiger charge is -2.19. The van der Waals surface area contributed by atoms with Gasteiger partial charge in [-0.3, -0.25) is 9.69 Å². The lowest BCUT2D eigenvalue weighted by molar-refractivity contribution is -0.118. The number of hydrogen-bond acceptors (Lipinski definition) is 4. The van der Waals surface area contributed by atoms with Crippen LogP contribution in [-0.2, 0) is 11.2 Å². The zero-order valence-corrected chi connectivity index (χ0v) is 16.7. The van der Waals surface area contributed by atoms with E-state index in [-0.39, 0.29) is 11.8 Å². The number of anilines is 2. The van der Waals surface area contributed by atoms with Gasteiger partial charge in [0, 0.05) is 5.69 Å². The van der Waals surface area contributed by atoms with Crippen LogP contribution in [0.1, 0.15) is 17.0 Å². The average Bonchev–Trinajstić information content (AvgIpc) is 3.05. The van der Waals surface area contributed by atoms with Crippen molar-refractivity contribution in [2.45, 2.75) is 12.3 Å². The highest BCUT2D eigenvalue weighted by Crippen LogP contribution is 2.46. The van der Waals surface area contributed by atoms with Gasteiger partial charge in [-0.05, 0) is 41.8 Å². The van der Waals surface area contributed by atoms with E-state index in [2.05, 4.69) is 0 Å². The Balaban J connectivity index is 1.76. The van der Waals surface area contributed by atoms with Gasteiger partial charge >= 0.3 is 0 Å². The molecule has 0 radical (unpaired) electrons. The lowest BCUT2D eigenvalue weighted by Crippen LogP contribution is -2.24. The molecule has 0 aromatic heterocycles. The van der Waals surface area contributed by atoms with E-state index in [0.29, 0.717) is 23.7 Å². The van der Waals surface area contributed by atoms with Crippen molar-refractivity contribution in [1.82, 2.24) is 0 Å². The number of hydrogen-bond donors (Lipinski definition) is 0. The Morgan fingerprint density at radius 3 is 2.17 bits per heavy atom. The Labute approximate surface area is 170 Å². The summed E-state index contributed by atoms with van der Waals surface area (Å²) in [5.74, 6) is 1.46. The number of rotatable bonds is 6. The number of carbonyl (C=O) groups is 1. The second kappa shape index (κ2) is 7.87. The Hall–Kier alpha value is -3.47. The largest absolute Gasteiger partial charge is 0.493 e. The topological polar surface area (TPSA) is 48.0 Å². The molecule has 0 saturated heterocycles. The van der Waals surface area contributed by atoms with Crippen LogP contribution in [0.15, 0.2) is 66.7 Å². The summed E-state index contributed by atoms with van der Waals surface area (Å²) >= 11 is 0. The van der Waals surface area contributed by atoms with Crippen LogP contribution in [0.25, 0.3) is 0 Å². The fourth-order valence-electron chi connectivity index (χ4n) is 3.98. The van der Waals surface area contributed by atoms with Crippen molar-refractivity contribution in [1.29, 1.82) is 0 Å². The number of ether oxygens (including phenoxy) is 3. The van der Waals surface area contributed by atoms with Gasteiger partial charge in [-0.15, -0.1) is 0 Å². The number of carbonyl (C=O) groups excluding carboxylic acids is 1. The molecule has 4 rings (SSSR count). The smallest absolute Gasteiger partial charge is 0.239 e. The van der Waals surface area contributed by atoms with E-state index in [1.54, 1.807) is 26.2 Å². The van der Waals surface area contributed by atoms with E-state index in [4.69, 9.17) is 14.2 Å². The molecule has 29 heavy (non-hydrogen) atoms. The molecule has 3 aromatic carbocycles.